The van der Waals surface area contributed by atoms with Crippen LogP contribution in [0.15, 0.2) is 54.7 Å². The fraction of sp³-hybridized carbons (Fsp3) is 0.211. The van der Waals surface area contributed by atoms with Crippen LogP contribution in [0, 0.1) is 0 Å². The summed E-state index contributed by atoms with van der Waals surface area (Å²) in [6, 6.07) is 16.1. The zero-order valence-electron chi connectivity index (χ0n) is 12.9. The van der Waals surface area contributed by atoms with Gasteiger partial charge in [0.2, 0.25) is 5.91 Å². The second-order valence-corrected chi connectivity index (χ2v) is 5.90. The normalized spacial score (nSPS) is 11.0. The molecule has 22 heavy (non-hydrogen) atoms. The van der Waals surface area contributed by atoms with Crippen LogP contribution in [0.25, 0.3) is 10.9 Å². The van der Waals surface area contributed by atoms with Crippen LogP contribution in [-0.4, -0.2) is 10.9 Å². The molecule has 2 N–H and O–H groups in total. The Morgan fingerprint density at radius 3 is 2.59 bits per heavy atom. The largest absolute Gasteiger partial charge is 0.361 e. The molecule has 2 aromatic carbocycles. The van der Waals surface area contributed by atoms with Crippen molar-refractivity contribution in [1.29, 1.82) is 0 Å². The fourth-order valence-corrected chi connectivity index (χ4v) is 2.55. The zero-order valence-corrected chi connectivity index (χ0v) is 12.9. The molecule has 1 amide bonds. The van der Waals surface area contributed by atoms with Crippen LogP contribution in [0.1, 0.15) is 30.9 Å². The van der Waals surface area contributed by atoms with Gasteiger partial charge in [-0.05, 0) is 52.8 Å². The van der Waals surface area contributed by atoms with E-state index in [1.807, 2.05) is 42.6 Å². The zero-order chi connectivity index (χ0) is 15.5. The molecule has 0 aliphatic heterocycles. The molecule has 0 bridgehead atoms. The van der Waals surface area contributed by atoms with Gasteiger partial charge in [0.1, 0.15) is 0 Å². The van der Waals surface area contributed by atoms with E-state index in [1.165, 1.54) is 5.56 Å². The number of hydrogen-bond donors (Lipinski definition) is 2. The number of anilines is 1. The van der Waals surface area contributed by atoms with Crippen LogP contribution in [0.5, 0.6) is 0 Å². The van der Waals surface area contributed by atoms with E-state index in [2.05, 4.69) is 36.3 Å². The molecular weight excluding hydrogens is 272 g/mol. The minimum Gasteiger partial charge on any atom is -0.361 e. The molecule has 0 fully saturated rings. The molecule has 3 rings (SSSR count). The molecule has 0 saturated heterocycles. The van der Waals surface area contributed by atoms with Crippen molar-refractivity contribution in [2.45, 2.75) is 26.2 Å². The Kier molecular flexibility index (Phi) is 3.96. The third kappa shape index (κ3) is 3.19. The first kappa shape index (κ1) is 14.4. The van der Waals surface area contributed by atoms with Crippen molar-refractivity contribution >= 4 is 22.5 Å². The van der Waals surface area contributed by atoms with Gasteiger partial charge in [-0.25, -0.2) is 0 Å². The highest BCUT2D eigenvalue weighted by Gasteiger charge is 2.06. The first-order valence-corrected chi connectivity index (χ1v) is 7.57. The monoisotopic (exact) mass is 292 g/mol. The van der Waals surface area contributed by atoms with Gasteiger partial charge in [-0.15, -0.1) is 0 Å². The van der Waals surface area contributed by atoms with Crippen molar-refractivity contribution < 1.29 is 4.79 Å². The van der Waals surface area contributed by atoms with Crippen molar-refractivity contribution in [1.82, 2.24) is 4.98 Å². The topological polar surface area (TPSA) is 44.9 Å². The van der Waals surface area contributed by atoms with Crippen molar-refractivity contribution in [3.8, 4) is 0 Å². The number of aromatic amines is 1. The number of fused-ring (bicyclic) bond motifs is 1. The van der Waals surface area contributed by atoms with E-state index in [9.17, 15) is 4.79 Å². The molecule has 1 aromatic heterocycles. The summed E-state index contributed by atoms with van der Waals surface area (Å²) in [7, 11) is 0. The number of amides is 1. The maximum atomic E-state index is 12.2. The molecule has 112 valence electrons. The number of rotatable bonds is 4. The number of nitrogens with one attached hydrogen (secondary N) is 2. The summed E-state index contributed by atoms with van der Waals surface area (Å²) in [5.41, 5.74) is 4.23. The standard InChI is InChI=1S/C19H20N2O/c1-13(2)15-4-6-17(7-5-15)21-19(22)12-14-3-8-18-16(11-14)9-10-20-18/h3-11,13,20H,12H2,1-2H3,(H,21,22). The van der Waals surface area contributed by atoms with Gasteiger partial charge in [0.15, 0.2) is 0 Å². The lowest BCUT2D eigenvalue weighted by Gasteiger charge is -2.08. The summed E-state index contributed by atoms with van der Waals surface area (Å²) in [6.45, 7) is 4.31. The molecule has 0 aliphatic carbocycles. The SMILES string of the molecule is CC(C)c1ccc(NC(=O)Cc2ccc3[nH]ccc3c2)cc1. The number of carbonyl (C=O) groups excluding carboxylic acids is 1. The average molecular weight is 292 g/mol. The Bertz CT molecular complexity index is 785. The fourth-order valence-electron chi connectivity index (χ4n) is 2.55. The van der Waals surface area contributed by atoms with Gasteiger partial charge in [-0.2, -0.15) is 0 Å². The summed E-state index contributed by atoms with van der Waals surface area (Å²) in [4.78, 5) is 15.3. The van der Waals surface area contributed by atoms with Gasteiger partial charge in [-0.1, -0.05) is 32.0 Å². The maximum absolute atomic E-state index is 12.2. The van der Waals surface area contributed by atoms with E-state index in [0.717, 1.165) is 22.2 Å². The van der Waals surface area contributed by atoms with Crippen LogP contribution in [0.4, 0.5) is 5.69 Å². The van der Waals surface area contributed by atoms with Crippen molar-refractivity contribution in [3.63, 3.8) is 0 Å². The molecule has 0 radical (unpaired) electrons. The van der Waals surface area contributed by atoms with E-state index >= 15 is 0 Å². The maximum Gasteiger partial charge on any atom is 0.228 e. The molecule has 3 aromatic rings. The Morgan fingerprint density at radius 2 is 1.86 bits per heavy atom. The van der Waals surface area contributed by atoms with Crippen LogP contribution < -0.4 is 5.32 Å². The summed E-state index contributed by atoms with van der Waals surface area (Å²) in [5.74, 6) is 0.505. The highest BCUT2D eigenvalue weighted by molar-refractivity contribution is 5.93. The lowest BCUT2D eigenvalue weighted by atomic mass is 10.0. The van der Waals surface area contributed by atoms with Crippen molar-refractivity contribution in [3.05, 3.63) is 65.9 Å². The van der Waals surface area contributed by atoms with Crippen LogP contribution >= 0.6 is 0 Å². The predicted octanol–water partition coefficient (Wildman–Crippen LogP) is 4.47. The van der Waals surface area contributed by atoms with E-state index in [4.69, 9.17) is 0 Å². The second-order valence-electron chi connectivity index (χ2n) is 5.90. The Hall–Kier alpha value is -2.55. The van der Waals surface area contributed by atoms with Gasteiger partial charge in [0, 0.05) is 17.4 Å². The molecule has 0 spiro atoms. The van der Waals surface area contributed by atoms with Crippen LogP contribution in [-0.2, 0) is 11.2 Å². The van der Waals surface area contributed by atoms with Crippen molar-refractivity contribution in [2.24, 2.45) is 0 Å². The number of carbonyl (C=O) groups is 1. The highest BCUT2D eigenvalue weighted by Crippen LogP contribution is 2.18. The Morgan fingerprint density at radius 1 is 1.09 bits per heavy atom. The summed E-state index contributed by atoms with van der Waals surface area (Å²) >= 11 is 0. The third-order valence-corrected chi connectivity index (χ3v) is 3.84. The quantitative estimate of drug-likeness (QED) is 0.732. The first-order valence-electron chi connectivity index (χ1n) is 7.57. The Balaban J connectivity index is 1.66. The van der Waals surface area contributed by atoms with Gasteiger partial charge in [0.25, 0.3) is 0 Å². The molecule has 0 unspecified atom stereocenters. The molecule has 3 nitrogen and oxygen atoms in total. The minimum atomic E-state index is 0.00665. The summed E-state index contributed by atoms with van der Waals surface area (Å²) in [6.07, 6.45) is 2.29. The highest BCUT2D eigenvalue weighted by atomic mass is 16.1. The van der Waals surface area contributed by atoms with Crippen LogP contribution in [0.3, 0.4) is 0 Å². The lowest BCUT2D eigenvalue weighted by molar-refractivity contribution is -0.115. The molecule has 0 aliphatic rings. The van der Waals surface area contributed by atoms with E-state index in [1.54, 1.807) is 0 Å². The van der Waals surface area contributed by atoms with Crippen molar-refractivity contribution in [2.75, 3.05) is 5.32 Å². The number of hydrogen-bond acceptors (Lipinski definition) is 1. The predicted molar refractivity (Wildman–Crippen MR) is 91.2 cm³/mol. The number of aromatic nitrogens is 1. The van der Waals surface area contributed by atoms with Gasteiger partial charge >= 0.3 is 0 Å². The number of benzene rings is 2. The van der Waals surface area contributed by atoms with Gasteiger partial charge in [-0.3, -0.25) is 4.79 Å². The molecular formula is C19H20N2O. The third-order valence-electron chi connectivity index (χ3n) is 3.84. The summed E-state index contributed by atoms with van der Waals surface area (Å²) < 4.78 is 0. The van der Waals surface area contributed by atoms with Gasteiger partial charge < -0.3 is 10.3 Å². The Labute approximate surface area is 130 Å². The lowest BCUT2D eigenvalue weighted by Crippen LogP contribution is -2.14. The van der Waals surface area contributed by atoms with Crippen LogP contribution in [0.2, 0.25) is 0 Å². The summed E-state index contributed by atoms with van der Waals surface area (Å²) in [5, 5.41) is 4.08. The molecule has 1 heterocycles. The van der Waals surface area contributed by atoms with Gasteiger partial charge in [0.05, 0.1) is 6.42 Å². The minimum absolute atomic E-state index is 0.00665. The average Bonchev–Trinajstić information content (AvgIpc) is 2.95. The molecule has 3 heteroatoms. The van der Waals surface area contributed by atoms with E-state index in [0.29, 0.717) is 12.3 Å². The second kappa shape index (κ2) is 6.06. The number of H-pyrrole nitrogens is 1. The first-order chi connectivity index (χ1) is 10.6. The van der Waals surface area contributed by atoms with E-state index < -0.39 is 0 Å². The molecule has 0 saturated carbocycles. The van der Waals surface area contributed by atoms with E-state index in [-0.39, 0.29) is 5.91 Å². The smallest absolute Gasteiger partial charge is 0.228 e. The molecule has 0 atom stereocenters.